The van der Waals surface area contributed by atoms with Crippen molar-refractivity contribution < 1.29 is 28.9 Å². The topological polar surface area (TPSA) is 85.3 Å². The van der Waals surface area contributed by atoms with Crippen molar-refractivity contribution in [3.8, 4) is 5.75 Å². The second kappa shape index (κ2) is 11.8. The Labute approximate surface area is 211 Å². The third-order valence-corrected chi connectivity index (χ3v) is 5.95. The largest absolute Gasteiger partial charge is 0.482 e. The first-order valence-corrected chi connectivity index (χ1v) is 12.3. The third kappa shape index (κ3) is 7.87. The molecule has 0 spiro atoms. The first-order valence-electron chi connectivity index (χ1n) is 11.9. The molecule has 0 saturated carbocycles. The van der Waals surface area contributed by atoms with Crippen LogP contribution in [-0.4, -0.2) is 53.5 Å². The standard InChI is InChI=1S/C27H34ClNO6/c1-5-33-25(31)17-34-23-12-10-18-9-11-22(14-20(18)15-23)29(26(32)35-27(2,3)4)16-24(30)19-7-6-8-21(28)13-19/h6-8,10,12-13,15,22,24,30H,5,9,11,14,16-17H2,1-4H3/t22-,24+/m0/s1. The molecule has 3 rings (SSSR count). The molecule has 0 radical (unpaired) electrons. The molecule has 2 aromatic carbocycles. The summed E-state index contributed by atoms with van der Waals surface area (Å²) in [7, 11) is 0. The lowest BCUT2D eigenvalue weighted by molar-refractivity contribution is -0.145. The number of benzene rings is 2. The molecule has 7 nitrogen and oxygen atoms in total. The maximum absolute atomic E-state index is 13.2. The average molecular weight is 504 g/mol. The highest BCUT2D eigenvalue weighted by molar-refractivity contribution is 6.30. The Kier molecular flexibility index (Phi) is 9.03. The van der Waals surface area contributed by atoms with E-state index in [2.05, 4.69) is 0 Å². The quantitative estimate of drug-likeness (QED) is 0.504. The lowest BCUT2D eigenvalue weighted by Gasteiger charge is -2.37. The second-order valence-corrected chi connectivity index (χ2v) is 10.1. The smallest absolute Gasteiger partial charge is 0.410 e. The highest BCUT2D eigenvalue weighted by Gasteiger charge is 2.33. The Morgan fingerprint density at radius 2 is 1.94 bits per heavy atom. The Morgan fingerprint density at radius 1 is 1.17 bits per heavy atom. The van der Waals surface area contributed by atoms with Crippen molar-refractivity contribution in [2.75, 3.05) is 19.8 Å². The van der Waals surface area contributed by atoms with Gasteiger partial charge in [0.15, 0.2) is 6.61 Å². The highest BCUT2D eigenvalue weighted by atomic mass is 35.5. The second-order valence-electron chi connectivity index (χ2n) is 9.62. The van der Waals surface area contributed by atoms with E-state index in [9.17, 15) is 14.7 Å². The van der Waals surface area contributed by atoms with Gasteiger partial charge in [-0.05, 0) is 87.9 Å². The fraction of sp³-hybridized carbons (Fsp3) is 0.481. The highest BCUT2D eigenvalue weighted by Crippen LogP contribution is 2.30. The van der Waals surface area contributed by atoms with E-state index in [0.717, 1.165) is 18.4 Å². The molecule has 0 aliphatic heterocycles. The van der Waals surface area contributed by atoms with Crippen LogP contribution in [0.2, 0.25) is 5.02 Å². The maximum atomic E-state index is 13.2. The van der Waals surface area contributed by atoms with E-state index in [4.69, 9.17) is 25.8 Å². The van der Waals surface area contributed by atoms with Crippen LogP contribution < -0.4 is 4.74 Å². The molecule has 35 heavy (non-hydrogen) atoms. The monoisotopic (exact) mass is 503 g/mol. The Morgan fingerprint density at radius 3 is 2.63 bits per heavy atom. The first-order chi connectivity index (χ1) is 16.6. The number of fused-ring (bicyclic) bond motifs is 1. The van der Waals surface area contributed by atoms with E-state index < -0.39 is 23.8 Å². The zero-order valence-electron chi connectivity index (χ0n) is 20.8. The fourth-order valence-electron chi connectivity index (χ4n) is 4.11. The molecule has 1 amide bonds. The Hall–Kier alpha value is -2.77. The average Bonchev–Trinajstić information content (AvgIpc) is 2.79. The summed E-state index contributed by atoms with van der Waals surface area (Å²) in [6, 6.07) is 12.6. The zero-order valence-corrected chi connectivity index (χ0v) is 21.5. The van der Waals surface area contributed by atoms with Crippen LogP contribution in [-0.2, 0) is 27.1 Å². The molecular weight excluding hydrogens is 470 g/mol. The number of aliphatic hydroxyl groups excluding tert-OH is 1. The number of nitrogens with zero attached hydrogens (tertiary/aromatic N) is 1. The van der Waals surface area contributed by atoms with Gasteiger partial charge >= 0.3 is 12.1 Å². The minimum atomic E-state index is -0.915. The van der Waals surface area contributed by atoms with Gasteiger partial charge in [-0.3, -0.25) is 0 Å². The van der Waals surface area contributed by atoms with E-state index in [0.29, 0.717) is 29.4 Å². The van der Waals surface area contributed by atoms with Crippen LogP contribution >= 0.6 is 11.6 Å². The summed E-state index contributed by atoms with van der Waals surface area (Å²) in [6.45, 7) is 7.42. The number of esters is 1. The van der Waals surface area contributed by atoms with Gasteiger partial charge in [-0.15, -0.1) is 0 Å². The van der Waals surface area contributed by atoms with Crippen molar-refractivity contribution >= 4 is 23.7 Å². The van der Waals surface area contributed by atoms with E-state index >= 15 is 0 Å². The van der Waals surface area contributed by atoms with Crippen LogP contribution in [0.4, 0.5) is 4.79 Å². The molecular formula is C27H34ClNO6. The molecule has 0 bridgehead atoms. The van der Waals surface area contributed by atoms with Crippen molar-refractivity contribution in [3.05, 3.63) is 64.2 Å². The summed E-state index contributed by atoms with van der Waals surface area (Å²) in [5.41, 5.74) is 2.17. The molecule has 2 aromatic rings. The van der Waals surface area contributed by atoms with Gasteiger partial charge in [-0.1, -0.05) is 29.8 Å². The Balaban J connectivity index is 1.78. The summed E-state index contributed by atoms with van der Waals surface area (Å²) in [5.74, 6) is 0.148. The zero-order chi connectivity index (χ0) is 25.6. The van der Waals surface area contributed by atoms with Gasteiger partial charge in [0.2, 0.25) is 0 Å². The fourth-order valence-corrected chi connectivity index (χ4v) is 4.31. The van der Waals surface area contributed by atoms with Crippen LogP contribution in [0.3, 0.4) is 0 Å². The number of rotatable bonds is 8. The lowest BCUT2D eigenvalue weighted by atomic mass is 9.87. The molecule has 8 heteroatoms. The molecule has 0 aromatic heterocycles. The summed E-state index contributed by atoms with van der Waals surface area (Å²) in [5, 5.41) is 11.4. The van der Waals surface area contributed by atoms with Crippen molar-refractivity contribution in [1.82, 2.24) is 4.90 Å². The minimum Gasteiger partial charge on any atom is -0.482 e. The van der Waals surface area contributed by atoms with Crippen molar-refractivity contribution in [2.24, 2.45) is 0 Å². The predicted octanol–water partition coefficient (Wildman–Crippen LogP) is 5.11. The van der Waals surface area contributed by atoms with E-state index in [1.165, 1.54) is 5.56 Å². The van der Waals surface area contributed by atoms with Gasteiger partial charge in [0.1, 0.15) is 11.4 Å². The SMILES string of the molecule is CCOC(=O)COc1ccc2c(c1)C[C@@H](N(C[C@@H](O)c1cccc(Cl)c1)C(=O)OC(C)(C)C)CC2. The van der Waals surface area contributed by atoms with Crippen LogP contribution in [0.5, 0.6) is 5.75 Å². The number of amides is 1. The summed E-state index contributed by atoms with van der Waals surface area (Å²) < 4.78 is 16.2. The third-order valence-electron chi connectivity index (χ3n) is 5.71. The maximum Gasteiger partial charge on any atom is 0.410 e. The van der Waals surface area contributed by atoms with Gasteiger partial charge < -0.3 is 24.2 Å². The predicted molar refractivity (Wildman–Crippen MR) is 134 cm³/mol. The van der Waals surface area contributed by atoms with Crippen molar-refractivity contribution in [3.63, 3.8) is 0 Å². The molecule has 0 fully saturated rings. The van der Waals surface area contributed by atoms with Crippen LogP contribution in [0, 0.1) is 0 Å². The number of hydrogen-bond donors (Lipinski definition) is 1. The van der Waals surface area contributed by atoms with Crippen LogP contribution in [0.1, 0.15) is 56.9 Å². The molecule has 1 aliphatic carbocycles. The van der Waals surface area contributed by atoms with Gasteiger partial charge in [-0.25, -0.2) is 9.59 Å². The number of halogens is 1. The van der Waals surface area contributed by atoms with Crippen molar-refractivity contribution in [1.29, 1.82) is 0 Å². The number of hydrogen-bond acceptors (Lipinski definition) is 6. The van der Waals surface area contributed by atoms with Gasteiger partial charge in [0, 0.05) is 11.1 Å². The number of aryl methyl sites for hydroxylation is 1. The summed E-state index contributed by atoms with van der Waals surface area (Å²) in [4.78, 5) is 26.5. The van der Waals surface area contributed by atoms with E-state index in [1.54, 1.807) is 36.1 Å². The molecule has 2 atom stereocenters. The normalized spacial score (nSPS) is 16.1. The molecule has 1 N–H and O–H groups in total. The molecule has 0 saturated heterocycles. The Bertz CT molecular complexity index is 1030. The molecule has 190 valence electrons. The van der Waals surface area contributed by atoms with Gasteiger partial charge in [0.25, 0.3) is 0 Å². The van der Waals surface area contributed by atoms with Crippen LogP contribution in [0.25, 0.3) is 0 Å². The number of carbonyl (C=O) groups is 2. The number of aliphatic hydroxyl groups is 1. The van der Waals surface area contributed by atoms with Crippen LogP contribution in [0.15, 0.2) is 42.5 Å². The summed E-state index contributed by atoms with van der Waals surface area (Å²) >= 11 is 6.10. The van der Waals surface area contributed by atoms with E-state index in [1.807, 2.05) is 39.0 Å². The molecule has 1 aliphatic rings. The number of ether oxygens (including phenoxy) is 3. The molecule has 0 heterocycles. The van der Waals surface area contributed by atoms with Gasteiger partial charge in [-0.2, -0.15) is 0 Å². The first kappa shape index (κ1) is 26.8. The van der Waals surface area contributed by atoms with Crippen molar-refractivity contribution in [2.45, 2.75) is 64.7 Å². The lowest BCUT2D eigenvalue weighted by Crippen LogP contribution is -2.47. The minimum absolute atomic E-state index is 0.0777. The van der Waals surface area contributed by atoms with Gasteiger partial charge in [0.05, 0.1) is 19.3 Å². The summed E-state index contributed by atoms with van der Waals surface area (Å²) in [6.07, 6.45) is 0.694. The number of carbonyl (C=O) groups excluding carboxylic acids is 2. The molecule has 0 unspecified atom stereocenters. The van der Waals surface area contributed by atoms with E-state index in [-0.39, 0.29) is 19.2 Å².